The highest BCUT2D eigenvalue weighted by molar-refractivity contribution is 5.88. The van der Waals surface area contributed by atoms with E-state index in [2.05, 4.69) is 16.6 Å². The Morgan fingerprint density at radius 3 is 2.92 bits per heavy atom. The molecule has 0 aromatic rings. The summed E-state index contributed by atoms with van der Waals surface area (Å²) in [4.78, 5) is 10.4. The number of hydrogen-bond acceptors (Lipinski definition) is 3. The second kappa shape index (κ2) is 7.83. The molecule has 3 heteroatoms. The van der Waals surface area contributed by atoms with E-state index in [1.54, 1.807) is 0 Å². The monoisotopic (exact) mass is 168 g/mol. The first-order valence-electron chi connectivity index (χ1n) is 3.57. The van der Waals surface area contributed by atoms with Crippen LogP contribution >= 0.6 is 0 Å². The van der Waals surface area contributed by atoms with Crippen molar-refractivity contribution < 1.29 is 14.3 Å². The molecule has 0 amide bonds. The van der Waals surface area contributed by atoms with E-state index in [0.29, 0.717) is 6.61 Å². The van der Waals surface area contributed by atoms with Gasteiger partial charge in [-0.3, -0.25) is 0 Å². The summed E-state index contributed by atoms with van der Waals surface area (Å²) in [6, 6.07) is 0. The zero-order chi connectivity index (χ0) is 9.23. The Bertz CT molecular complexity index is 208. The molecule has 0 saturated heterocycles. The van der Waals surface area contributed by atoms with Crippen LogP contribution in [0.3, 0.4) is 0 Å². The maximum atomic E-state index is 10.4. The molecule has 0 aliphatic rings. The van der Waals surface area contributed by atoms with E-state index < -0.39 is 5.97 Å². The van der Waals surface area contributed by atoms with Crippen LogP contribution in [0.5, 0.6) is 0 Å². The van der Waals surface area contributed by atoms with Gasteiger partial charge in [0, 0.05) is 5.92 Å². The highest BCUT2D eigenvalue weighted by Crippen LogP contribution is 1.76. The second-order valence-electron chi connectivity index (χ2n) is 1.88. The van der Waals surface area contributed by atoms with Gasteiger partial charge in [-0.25, -0.2) is 4.79 Å². The first kappa shape index (κ1) is 10.7. The fourth-order valence-corrected chi connectivity index (χ4v) is 0.434. The lowest BCUT2D eigenvalue weighted by Gasteiger charge is -1.90. The third-order valence-corrected chi connectivity index (χ3v) is 1.000. The maximum Gasteiger partial charge on any atom is 0.384 e. The average molecular weight is 168 g/mol. The first-order chi connectivity index (χ1) is 5.81. The predicted octanol–water partition coefficient (Wildman–Crippen LogP) is 0.755. The van der Waals surface area contributed by atoms with E-state index in [9.17, 15) is 4.79 Å². The third kappa shape index (κ3) is 6.84. The van der Waals surface area contributed by atoms with Gasteiger partial charge >= 0.3 is 5.97 Å². The molecular formula is C9H12O3. The van der Waals surface area contributed by atoms with E-state index in [0.717, 1.165) is 0 Å². The molecular weight excluding hydrogens is 156 g/mol. The van der Waals surface area contributed by atoms with E-state index in [1.165, 1.54) is 7.11 Å². The number of esters is 1. The lowest BCUT2D eigenvalue weighted by Crippen LogP contribution is -1.96. The molecule has 0 heterocycles. The highest BCUT2D eigenvalue weighted by Gasteiger charge is 1.87. The lowest BCUT2D eigenvalue weighted by molar-refractivity contribution is -0.133. The molecule has 0 aliphatic carbocycles. The largest absolute Gasteiger partial charge is 0.459 e. The van der Waals surface area contributed by atoms with E-state index in [1.807, 2.05) is 19.1 Å². The molecule has 0 saturated carbocycles. The normalized spacial score (nSPS) is 9.17. The Morgan fingerprint density at radius 2 is 2.33 bits per heavy atom. The first-order valence-corrected chi connectivity index (χ1v) is 3.57. The van der Waals surface area contributed by atoms with Gasteiger partial charge in [0.1, 0.15) is 6.61 Å². The quantitative estimate of drug-likeness (QED) is 0.205. The van der Waals surface area contributed by atoms with Crippen molar-refractivity contribution in [2.75, 3.05) is 20.3 Å². The molecule has 0 unspecified atom stereocenters. The minimum Gasteiger partial charge on any atom is -0.459 e. The van der Waals surface area contributed by atoms with Crippen LogP contribution in [0.25, 0.3) is 0 Å². The summed E-state index contributed by atoms with van der Waals surface area (Å²) in [7, 11) is 1.29. The summed E-state index contributed by atoms with van der Waals surface area (Å²) in [5.41, 5.74) is 0. The van der Waals surface area contributed by atoms with Crippen LogP contribution in [0.4, 0.5) is 0 Å². The minimum absolute atomic E-state index is 0.249. The molecule has 0 fully saturated rings. The number of methoxy groups -OCH3 is 1. The van der Waals surface area contributed by atoms with E-state index >= 15 is 0 Å². The number of carbonyl (C=O) groups excluding carboxylic acids is 1. The Hall–Kier alpha value is -1.27. The smallest absolute Gasteiger partial charge is 0.384 e. The average Bonchev–Trinajstić information content (AvgIpc) is 2.10. The topological polar surface area (TPSA) is 35.5 Å². The minimum atomic E-state index is -0.537. The van der Waals surface area contributed by atoms with Crippen LogP contribution < -0.4 is 0 Å². The van der Waals surface area contributed by atoms with Crippen LogP contribution in [0.2, 0.25) is 0 Å². The SMILES string of the molecule is C/C=C/COCC#CC(=O)OC. The van der Waals surface area contributed by atoms with Gasteiger partial charge in [0.25, 0.3) is 0 Å². The van der Waals surface area contributed by atoms with Crippen molar-refractivity contribution in [3.8, 4) is 11.8 Å². The standard InChI is InChI=1S/C9H12O3/c1-3-4-7-12-8-5-6-9(10)11-2/h3-4H,7-8H2,1-2H3/b4-3+. The second-order valence-corrected chi connectivity index (χ2v) is 1.88. The van der Waals surface area contributed by atoms with Gasteiger partial charge in [-0.15, -0.1) is 0 Å². The predicted molar refractivity (Wildman–Crippen MR) is 45.4 cm³/mol. The molecule has 0 aliphatic heterocycles. The van der Waals surface area contributed by atoms with E-state index in [-0.39, 0.29) is 6.61 Å². The van der Waals surface area contributed by atoms with Crippen LogP contribution in [-0.2, 0) is 14.3 Å². The molecule has 0 N–H and O–H groups in total. The Morgan fingerprint density at radius 1 is 1.58 bits per heavy atom. The lowest BCUT2D eigenvalue weighted by atomic mass is 10.5. The van der Waals surface area contributed by atoms with Gasteiger partial charge < -0.3 is 9.47 Å². The van der Waals surface area contributed by atoms with Crippen LogP contribution in [0.15, 0.2) is 12.2 Å². The summed E-state index contributed by atoms with van der Waals surface area (Å²) >= 11 is 0. The zero-order valence-corrected chi connectivity index (χ0v) is 7.29. The molecule has 66 valence electrons. The van der Waals surface area contributed by atoms with Crippen LogP contribution in [0, 0.1) is 11.8 Å². The summed E-state index contributed by atoms with van der Waals surface area (Å²) in [5.74, 6) is 4.23. The Balaban J connectivity index is 3.39. The molecule has 0 bridgehead atoms. The number of carbonyl (C=O) groups is 1. The van der Waals surface area contributed by atoms with Crippen molar-refractivity contribution >= 4 is 5.97 Å². The Kier molecular flexibility index (Phi) is 7.00. The molecule has 0 aromatic heterocycles. The molecule has 12 heavy (non-hydrogen) atoms. The van der Waals surface area contributed by atoms with Crippen molar-refractivity contribution in [3.63, 3.8) is 0 Å². The molecule has 0 radical (unpaired) electrons. The van der Waals surface area contributed by atoms with Crippen LogP contribution in [-0.4, -0.2) is 26.3 Å². The summed E-state index contributed by atoms with van der Waals surface area (Å²) in [6.45, 7) is 2.68. The summed E-state index contributed by atoms with van der Waals surface area (Å²) in [5, 5.41) is 0. The summed E-state index contributed by atoms with van der Waals surface area (Å²) < 4.78 is 9.30. The van der Waals surface area contributed by atoms with Crippen molar-refractivity contribution in [3.05, 3.63) is 12.2 Å². The van der Waals surface area contributed by atoms with Gasteiger partial charge in [-0.2, -0.15) is 0 Å². The molecule has 0 rings (SSSR count). The van der Waals surface area contributed by atoms with Gasteiger partial charge in [0.2, 0.25) is 0 Å². The number of hydrogen-bond donors (Lipinski definition) is 0. The molecule has 0 atom stereocenters. The third-order valence-electron chi connectivity index (χ3n) is 1.000. The van der Waals surface area contributed by atoms with Gasteiger partial charge in [0.05, 0.1) is 13.7 Å². The molecule has 0 spiro atoms. The fraction of sp³-hybridized carbons (Fsp3) is 0.444. The van der Waals surface area contributed by atoms with Gasteiger partial charge in [0.15, 0.2) is 0 Å². The van der Waals surface area contributed by atoms with Gasteiger partial charge in [-0.1, -0.05) is 18.1 Å². The molecule has 3 nitrogen and oxygen atoms in total. The van der Waals surface area contributed by atoms with Crippen molar-refractivity contribution in [2.24, 2.45) is 0 Å². The van der Waals surface area contributed by atoms with Crippen molar-refractivity contribution in [1.29, 1.82) is 0 Å². The van der Waals surface area contributed by atoms with Crippen molar-refractivity contribution in [1.82, 2.24) is 0 Å². The Labute approximate surface area is 72.4 Å². The fourth-order valence-electron chi connectivity index (χ4n) is 0.434. The highest BCUT2D eigenvalue weighted by atomic mass is 16.5. The number of rotatable bonds is 3. The number of ether oxygens (including phenoxy) is 2. The van der Waals surface area contributed by atoms with Crippen molar-refractivity contribution in [2.45, 2.75) is 6.92 Å². The maximum absolute atomic E-state index is 10.4. The number of allylic oxidation sites excluding steroid dienone is 1. The zero-order valence-electron chi connectivity index (χ0n) is 7.29. The molecule has 0 aromatic carbocycles. The van der Waals surface area contributed by atoms with Gasteiger partial charge in [-0.05, 0) is 6.92 Å². The summed E-state index contributed by atoms with van der Waals surface area (Å²) in [6.07, 6.45) is 3.74. The van der Waals surface area contributed by atoms with Crippen LogP contribution in [0.1, 0.15) is 6.92 Å². The van der Waals surface area contributed by atoms with E-state index in [4.69, 9.17) is 4.74 Å².